The summed E-state index contributed by atoms with van der Waals surface area (Å²) in [6, 6.07) is 8.99. The Morgan fingerprint density at radius 3 is 2.48 bits per heavy atom. The number of benzene rings is 1. The lowest BCUT2D eigenvalue weighted by molar-refractivity contribution is -0.489. The van der Waals surface area contributed by atoms with Gasteiger partial charge in [-0.05, 0) is 34.9 Å². The monoisotopic (exact) mass is 296 g/mol. The van der Waals surface area contributed by atoms with Crippen molar-refractivity contribution in [1.82, 2.24) is 0 Å². The lowest BCUT2D eigenvalue weighted by atomic mass is 9.86. The molecule has 0 fully saturated rings. The smallest absolute Gasteiger partial charge is 0.382 e. The number of para-hydroxylation sites is 1. The highest BCUT2D eigenvalue weighted by molar-refractivity contribution is 5.70. The molecule has 5 nitrogen and oxygen atoms in total. The topological polar surface area (TPSA) is 54.0 Å². The Hall–Kier alpha value is -1.59. The van der Waals surface area contributed by atoms with Crippen LogP contribution in [0.4, 0.5) is 0 Å². The first-order valence-electron chi connectivity index (χ1n) is 7.03. The molecule has 0 aromatic heterocycles. The molecule has 0 aliphatic rings. The summed E-state index contributed by atoms with van der Waals surface area (Å²) in [5.74, 6) is 0.251. The maximum Gasteiger partial charge on any atom is 0.382 e. The minimum Gasteiger partial charge on any atom is -0.482 e. The molecule has 0 saturated heterocycles. The molecule has 118 valence electrons. The van der Waals surface area contributed by atoms with Gasteiger partial charge in [-0.15, -0.1) is 0 Å². The van der Waals surface area contributed by atoms with Crippen molar-refractivity contribution in [2.24, 2.45) is 11.3 Å². The lowest BCUT2D eigenvalue weighted by Crippen LogP contribution is -2.18. The van der Waals surface area contributed by atoms with Crippen molar-refractivity contribution in [3.8, 4) is 5.75 Å². The average Bonchev–Trinajstić information content (AvgIpc) is 2.40. The van der Waals surface area contributed by atoms with Gasteiger partial charge in [-0.25, -0.2) is 4.79 Å². The number of hydrogen-bond donors (Lipinski definition) is 0. The van der Waals surface area contributed by atoms with Gasteiger partial charge in [0.2, 0.25) is 0 Å². The Morgan fingerprint density at radius 1 is 1.19 bits per heavy atom. The van der Waals surface area contributed by atoms with Crippen molar-refractivity contribution < 1.29 is 24.3 Å². The molecule has 0 saturated carbocycles. The van der Waals surface area contributed by atoms with Gasteiger partial charge in [0.05, 0.1) is 6.61 Å². The fourth-order valence-corrected chi connectivity index (χ4v) is 1.99. The van der Waals surface area contributed by atoms with Gasteiger partial charge in [-0.3, -0.25) is 4.89 Å². The molecule has 5 heteroatoms. The van der Waals surface area contributed by atoms with E-state index in [0.717, 1.165) is 6.42 Å². The van der Waals surface area contributed by atoms with Gasteiger partial charge in [0.1, 0.15) is 5.75 Å². The highest BCUT2D eigenvalue weighted by Gasteiger charge is 2.16. The molecule has 0 amide bonds. The largest absolute Gasteiger partial charge is 0.482 e. The fourth-order valence-electron chi connectivity index (χ4n) is 1.99. The van der Waals surface area contributed by atoms with Crippen LogP contribution in [0.15, 0.2) is 30.3 Å². The van der Waals surface area contributed by atoms with Crippen molar-refractivity contribution in [3.63, 3.8) is 0 Å². The molecule has 0 N–H and O–H groups in total. The zero-order chi connectivity index (χ0) is 15.7. The summed E-state index contributed by atoms with van der Waals surface area (Å²) in [6.07, 6.45) is 0.988. The standard InChI is InChI=1S/C16H24O5/c1-13(10-16(2,3)4)11-19-21-20-15(17)12-18-14-8-6-5-7-9-14/h5-9,13H,10-12H2,1-4H3. The second-order valence-corrected chi connectivity index (χ2v) is 6.28. The SMILES string of the molecule is CC(COOOC(=O)COc1ccccc1)CC(C)(C)C. The molecular weight excluding hydrogens is 272 g/mol. The molecule has 21 heavy (non-hydrogen) atoms. The van der Waals surface area contributed by atoms with Crippen LogP contribution in [-0.4, -0.2) is 19.2 Å². The summed E-state index contributed by atoms with van der Waals surface area (Å²) in [5, 5.41) is 4.44. The molecule has 1 unspecified atom stereocenters. The van der Waals surface area contributed by atoms with E-state index >= 15 is 0 Å². The highest BCUT2D eigenvalue weighted by Crippen LogP contribution is 2.24. The van der Waals surface area contributed by atoms with E-state index in [4.69, 9.17) is 9.62 Å². The van der Waals surface area contributed by atoms with E-state index in [1.54, 1.807) is 12.1 Å². The van der Waals surface area contributed by atoms with Gasteiger partial charge in [0, 0.05) is 0 Å². The maximum absolute atomic E-state index is 11.3. The van der Waals surface area contributed by atoms with Crippen LogP contribution in [0.1, 0.15) is 34.1 Å². The van der Waals surface area contributed by atoms with Gasteiger partial charge in [-0.1, -0.05) is 45.9 Å². The minimum atomic E-state index is -0.651. The number of rotatable bonds is 8. The highest BCUT2D eigenvalue weighted by atomic mass is 17.5. The Labute approximate surface area is 126 Å². The Balaban J connectivity index is 2.08. The minimum absolute atomic E-state index is 0.225. The van der Waals surface area contributed by atoms with E-state index in [2.05, 4.69) is 37.6 Å². The summed E-state index contributed by atoms with van der Waals surface area (Å²) < 4.78 is 5.20. The van der Waals surface area contributed by atoms with Gasteiger partial charge in [0.15, 0.2) is 6.61 Å². The molecule has 1 aromatic rings. The van der Waals surface area contributed by atoms with E-state index in [0.29, 0.717) is 18.3 Å². The predicted molar refractivity (Wildman–Crippen MR) is 78.3 cm³/mol. The second-order valence-electron chi connectivity index (χ2n) is 6.28. The molecule has 1 atom stereocenters. The van der Waals surface area contributed by atoms with Crippen molar-refractivity contribution >= 4 is 5.97 Å². The molecule has 0 bridgehead atoms. The van der Waals surface area contributed by atoms with Crippen LogP contribution < -0.4 is 4.74 Å². The van der Waals surface area contributed by atoms with Crippen LogP contribution in [0.25, 0.3) is 0 Å². The van der Waals surface area contributed by atoms with Crippen LogP contribution in [0.2, 0.25) is 0 Å². The van der Waals surface area contributed by atoms with Gasteiger partial charge in [0.25, 0.3) is 0 Å². The van der Waals surface area contributed by atoms with Crippen molar-refractivity contribution in [3.05, 3.63) is 30.3 Å². The summed E-state index contributed by atoms with van der Waals surface area (Å²) in [6.45, 7) is 8.66. The molecule has 0 spiro atoms. The van der Waals surface area contributed by atoms with Gasteiger partial charge in [-0.2, -0.15) is 4.89 Å². The summed E-state index contributed by atoms with van der Waals surface area (Å²) in [5.41, 5.74) is 0.225. The molecule has 1 rings (SSSR count). The third kappa shape index (κ3) is 9.05. The summed E-state index contributed by atoms with van der Waals surface area (Å²) >= 11 is 0. The number of ether oxygens (including phenoxy) is 1. The van der Waals surface area contributed by atoms with Gasteiger partial charge < -0.3 is 4.74 Å². The fraction of sp³-hybridized carbons (Fsp3) is 0.562. The Kier molecular flexibility index (Phi) is 7.19. The Morgan fingerprint density at radius 2 is 1.86 bits per heavy atom. The molecular formula is C16H24O5. The van der Waals surface area contributed by atoms with Gasteiger partial charge >= 0.3 is 5.97 Å². The van der Waals surface area contributed by atoms with Crippen LogP contribution in [0, 0.1) is 11.3 Å². The quantitative estimate of drug-likeness (QED) is 0.417. The molecule has 0 radical (unpaired) electrons. The Bertz CT molecular complexity index is 410. The van der Waals surface area contributed by atoms with Crippen molar-refractivity contribution in [1.29, 1.82) is 0 Å². The van der Waals surface area contributed by atoms with Crippen LogP contribution >= 0.6 is 0 Å². The first-order chi connectivity index (χ1) is 9.87. The van der Waals surface area contributed by atoms with E-state index in [9.17, 15) is 4.79 Å². The lowest BCUT2D eigenvalue weighted by Gasteiger charge is -2.22. The van der Waals surface area contributed by atoms with Crippen LogP contribution in [0.3, 0.4) is 0 Å². The number of carbonyl (C=O) groups is 1. The molecule has 0 heterocycles. The van der Waals surface area contributed by atoms with E-state index in [-0.39, 0.29) is 12.0 Å². The van der Waals surface area contributed by atoms with Crippen LogP contribution in [0.5, 0.6) is 5.75 Å². The number of hydrogen-bond acceptors (Lipinski definition) is 5. The van der Waals surface area contributed by atoms with Crippen LogP contribution in [-0.2, 0) is 19.6 Å². The zero-order valence-electron chi connectivity index (χ0n) is 13.1. The third-order valence-electron chi connectivity index (χ3n) is 2.59. The molecule has 0 aliphatic heterocycles. The maximum atomic E-state index is 11.3. The first kappa shape index (κ1) is 17.5. The van der Waals surface area contributed by atoms with Crippen molar-refractivity contribution in [2.45, 2.75) is 34.1 Å². The zero-order valence-corrected chi connectivity index (χ0v) is 13.1. The third-order valence-corrected chi connectivity index (χ3v) is 2.59. The predicted octanol–water partition coefficient (Wildman–Crippen LogP) is 3.54. The normalized spacial score (nSPS) is 12.8. The van der Waals surface area contributed by atoms with E-state index in [1.165, 1.54) is 0 Å². The molecule has 0 aliphatic carbocycles. The molecule has 1 aromatic carbocycles. The number of carbonyl (C=O) groups excluding carboxylic acids is 1. The van der Waals surface area contributed by atoms with Crippen molar-refractivity contribution in [2.75, 3.05) is 13.2 Å². The summed E-state index contributed by atoms with van der Waals surface area (Å²) in [7, 11) is 0. The second kappa shape index (κ2) is 8.64. The van der Waals surface area contributed by atoms with E-state index in [1.807, 2.05) is 18.2 Å². The summed E-state index contributed by atoms with van der Waals surface area (Å²) in [4.78, 5) is 20.7. The average molecular weight is 296 g/mol. The van der Waals surface area contributed by atoms with E-state index < -0.39 is 5.97 Å². The first-order valence-corrected chi connectivity index (χ1v) is 7.03.